The topological polar surface area (TPSA) is 65.1 Å². The fourth-order valence-corrected chi connectivity index (χ4v) is 2.19. The van der Waals surface area contributed by atoms with Crippen LogP contribution in [0.2, 0.25) is 0 Å². The normalized spacial score (nSPS) is 12.4. The van der Waals surface area contributed by atoms with Crippen LogP contribution in [0.3, 0.4) is 0 Å². The zero-order valence-electron chi connectivity index (χ0n) is 11.6. The van der Waals surface area contributed by atoms with Crippen molar-refractivity contribution in [2.45, 2.75) is 25.9 Å². The van der Waals surface area contributed by atoms with E-state index in [1.165, 1.54) is 13.2 Å². The number of benzene rings is 1. The molecule has 1 aromatic heterocycles. The highest BCUT2D eigenvalue weighted by molar-refractivity contribution is 5.34. The minimum atomic E-state index is -0.399. The van der Waals surface area contributed by atoms with E-state index in [9.17, 15) is 4.39 Å². The third-order valence-corrected chi connectivity index (χ3v) is 3.15. The van der Waals surface area contributed by atoms with Crippen LogP contribution in [0.15, 0.2) is 30.6 Å². The Kier molecular flexibility index (Phi) is 4.70. The highest BCUT2D eigenvalue weighted by Gasteiger charge is 2.19. The highest BCUT2D eigenvalue weighted by atomic mass is 19.1. The molecule has 0 spiro atoms. The predicted molar refractivity (Wildman–Crippen MR) is 74.6 cm³/mol. The monoisotopic (exact) mass is 278 g/mol. The number of nitrogens with zero attached hydrogens (tertiary/aromatic N) is 2. The van der Waals surface area contributed by atoms with Crippen molar-refractivity contribution >= 4 is 0 Å². The molecule has 0 amide bonds. The van der Waals surface area contributed by atoms with Gasteiger partial charge in [-0.15, -0.1) is 0 Å². The van der Waals surface area contributed by atoms with Crippen LogP contribution in [-0.4, -0.2) is 16.7 Å². The van der Waals surface area contributed by atoms with Crippen molar-refractivity contribution in [3.63, 3.8) is 0 Å². The summed E-state index contributed by atoms with van der Waals surface area (Å²) in [6.07, 6.45) is 4.63. The maximum absolute atomic E-state index is 13.5. The quantitative estimate of drug-likeness (QED) is 0.626. The molecule has 0 aliphatic rings. The van der Waals surface area contributed by atoms with Gasteiger partial charge in [0.2, 0.25) is 0 Å². The number of rotatable bonds is 6. The van der Waals surface area contributed by atoms with Crippen molar-refractivity contribution in [1.82, 2.24) is 15.0 Å². The van der Waals surface area contributed by atoms with Gasteiger partial charge in [0, 0.05) is 18.9 Å². The molecule has 2 aromatic rings. The van der Waals surface area contributed by atoms with E-state index in [4.69, 9.17) is 10.6 Å². The summed E-state index contributed by atoms with van der Waals surface area (Å²) in [5, 5.41) is 0. The Hall–Kier alpha value is -1.92. The Morgan fingerprint density at radius 2 is 2.30 bits per heavy atom. The molecule has 0 radical (unpaired) electrons. The van der Waals surface area contributed by atoms with Crippen molar-refractivity contribution < 1.29 is 9.13 Å². The van der Waals surface area contributed by atoms with Gasteiger partial charge >= 0.3 is 0 Å². The summed E-state index contributed by atoms with van der Waals surface area (Å²) in [6, 6.07) is 4.36. The number of methoxy groups -OCH3 is 1. The van der Waals surface area contributed by atoms with E-state index in [2.05, 4.69) is 17.3 Å². The van der Waals surface area contributed by atoms with Crippen LogP contribution in [0.4, 0.5) is 4.39 Å². The van der Waals surface area contributed by atoms with E-state index in [0.717, 1.165) is 24.4 Å². The second-order valence-corrected chi connectivity index (χ2v) is 4.47. The molecule has 5 nitrogen and oxygen atoms in total. The van der Waals surface area contributed by atoms with Gasteiger partial charge in [0.25, 0.3) is 0 Å². The molecule has 1 aromatic carbocycles. The number of imidazole rings is 1. The molecular formula is C14H19FN4O. The number of hydrogen-bond acceptors (Lipinski definition) is 4. The molecule has 20 heavy (non-hydrogen) atoms. The number of nitrogens with two attached hydrogens (primary N) is 1. The van der Waals surface area contributed by atoms with E-state index in [1.54, 1.807) is 18.3 Å². The van der Waals surface area contributed by atoms with E-state index in [-0.39, 0.29) is 11.8 Å². The molecule has 0 aliphatic heterocycles. The Balaban J connectivity index is 2.39. The van der Waals surface area contributed by atoms with Crippen molar-refractivity contribution in [3.05, 3.63) is 47.8 Å². The number of ether oxygens (including phenoxy) is 1. The van der Waals surface area contributed by atoms with Crippen molar-refractivity contribution in [2.24, 2.45) is 5.84 Å². The highest BCUT2D eigenvalue weighted by Crippen LogP contribution is 2.26. The molecule has 1 unspecified atom stereocenters. The number of hydrogen-bond donors (Lipinski definition) is 2. The van der Waals surface area contributed by atoms with Gasteiger partial charge < -0.3 is 9.30 Å². The number of aromatic nitrogens is 2. The van der Waals surface area contributed by atoms with Gasteiger partial charge in [-0.3, -0.25) is 5.84 Å². The van der Waals surface area contributed by atoms with Crippen LogP contribution in [0.25, 0.3) is 0 Å². The largest absolute Gasteiger partial charge is 0.494 e. The van der Waals surface area contributed by atoms with Crippen LogP contribution in [0, 0.1) is 5.82 Å². The molecule has 6 heteroatoms. The Morgan fingerprint density at radius 1 is 1.50 bits per heavy atom. The molecular weight excluding hydrogens is 259 g/mol. The predicted octanol–water partition coefficient (Wildman–Crippen LogP) is 1.99. The lowest BCUT2D eigenvalue weighted by Crippen LogP contribution is -2.31. The van der Waals surface area contributed by atoms with Crippen LogP contribution < -0.4 is 16.0 Å². The third-order valence-electron chi connectivity index (χ3n) is 3.15. The maximum Gasteiger partial charge on any atom is 0.165 e. The van der Waals surface area contributed by atoms with Gasteiger partial charge in [-0.1, -0.05) is 13.0 Å². The molecule has 2 rings (SSSR count). The second kappa shape index (κ2) is 6.49. The first-order chi connectivity index (χ1) is 9.71. The van der Waals surface area contributed by atoms with Crippen molar-refractivity contribution in [3.8, 4) is 5.75 Å². The van der Waals surface area contributed by atoms with Crippen molar-refractivity contribution in [1.29, 1.82) is 0 Å². The summed E-state index contributed by atoms with van der Waals surface area (Å²) >= 11 is 0. The molecule has 1 atom stereocenters. The number of aryl methyl sites for hydroxylation is 1. The smallest absolute Gasteiger partial charge is 0.165 e. The first-order valence-corrected chi connectivity index (χ1v) is 6.51. The lowest BCUT2D eigenvalue weighted by atomic mass is 10.1. The summed E-state index contributed by atoms with van der Waals surface area (Å²) in [4.78, 5) is 4.35. The molecule has 0 bridgehead atoms. The first kappa shape index (κ1) is 14.5. The molecule has 1 heterocycles. The Bertz CT molecular complexity index is 570. The lowest BCUT2D eigenvalue weighted by molar-refractivity contribution is 0.385. The van der Waals surface area contributed by atoms with E-state index < -0.39 is 5.82 Å². The Labute approximate surface area is 117 Å². The molecule has 0 saturated heterocycles. The van der Waals surface area contributed by atoms with Crippen LogP contribution >= 0.6 is 0 Å². The molecule has 108 valence electrons. The fourth-order valence-electron chi connectivity index (χ4n) is 2.19. The summed E-state index contributed by atoms with van der Waals surface area (Å²) in [5.41, 5.74) is 3.53. The summed E-state index contributed by atoms with van der Waals surface area (Å²) in [5.74, 6) is 6.24. The SMILES string of the molecule is CCCn1ccnc1C(NN)c1ccc(F)c(OC)c1. The molecule has 0 fully saturated rings. The van der Waals surface area contributed by atoms with E-state index >= 15 is 0 Å². The van der Waals surface area contributed by atoms with Gasteiger partial charge in [0.1, 0.15) is 11.9 Å². The van der Waals surface area contributed by atoms with Crippen molar-refractivity contribution in [2.75, 3.05) is 7.11 Å². The zero-order chi connectivity index (χ0) is 14.5. The third kappa shape index (κ3) is 2.81. The molecule has 0 saturated carbocycles. The van der Waals surface area contributed by atoms with E-state index in [1.807, 2.05) is 10.8 Å². The average Bonchev–Trinajstić information content (AvgIpc) is 2.90. The minimum absolute atomic E-state index is 0.191. The van der Waals surface area contributed by atoms with Crippen LogP contribution in [0.5, 0.6) is 5.75 Å². The first-order valence-electron chi connectivity index (χ1n) is 6.51. The van der Waals surface area contributed by atoms with Gasteiger partial charge in [-0.25, -0.2) is 14.8 Å². The number of nitrogens with one attached hydrogen (secondary N) is 1. The number of halogens is 1. The summed E-state index contributed by atoms with van der Waals surface area (Å²) in [6.45, 7) is 2.95. The fraction of sp³-hybridized carbons (Fsp3) is 0.357. The van der Waals surface area contributed by atoms with Gasteiger partial charge in [0.05, 0.1) is 7.11 Å². The minimum Gasteiger partial charge on any atom is -0.494 e. The lowest BCUT2D eigenvalue weighted by Gasteiger charge is -2.18. The standard InChI is InChI=1S/C14H19FN4O/c1-3-7-19-8-6-17-14(19)13(18-16)10-4-5-11(15)12(9-10)20-2/h4-6,8-9,13,18H,3,7,16H2,1-2H3. The zero-order valence-corrected chi connectivity index (χ0v) is 11.6. The second-order valence-electron chi connectivity index (χ2n) is 4.47. The van der Waals surface area contributed by atoms with Crippen LogP contribution in [0.1, 0.15) is 30.8 Å². The van der Waals surface area contributed by atoms with Crippen LogP contribution in [-0.2, 0) is 6.54 Å². The maximum atomic E-state index is 13.5. The van der Waals surface area contributed by atoms with E-state index in [0.29, 0.717) is 0 Å². The Morgan fingerprint density at radius 3 is 2.95 bits per heavy atom. The van der Waals surface area contributed by atoms with Gasteiger partial charge in [-0.2, -0.15) is 0 Å². The molecule has 0 aliphatic carbocycles. The van der Waals surface area contributed by atoms with Gasteiger partial charge in [0.15, 0.2) is 11.6 Å². The summed E-state index contributed by atoms with van der Waals surface area (Å²) in [7, 11) is 1.44. The molecule has 3 N–H and O–H groups in total. The van der Waals surface area contributed by atoms with Gasteiger partial charge in [-0.05, 0) is 24.1 Å². The average molecular weight is 278 g/mol. The summed E-state index contributed by atoms with van der Waals surface area (Å²) < 4.78 is 20.5. The number of hydrazine groups is 1.